The summed E-state index contributed by atoms with van der Waals surface area (Å²) in [5, 5.41) is 3.36. The molecular formula is C27H28NO6P. The average Bonchev–Trinajstić information content (AvgIpc) is 2.85. The van der Waals surface area contributed by atoms with E-state index in [1.54, 1.807) is 0 Å². The Hall–Kier alpha value is -3.35. The van der Waals surface area contributed by atoms with E-state index in [1.807, 2.05) is 91.0 Å². The maximum atomic E-state index is 13.1. The van der Waals surface area contributed by atoms with Crippen molar-refractivity contribution in [2.24, 2.45) is 0 Å². The quantitative estimate of drug-likeness (QED) is 0.152. The van der Waals surface area contributed by atoms with E-state index in [9.17, 15) is 23.9 Å². The van der Waals surface area contributed by atoms with Crippen molar-refractivity contribution in [2.45, 2.75) is 18.0 Å². The molecule has 8 heteroatoms. The Morgan fingerprint density at radius 2 is 1.31 bits per heavy atom. The topological polar surface area (TPSA) is 113 Å². The maximum absolute atomic E-state index is 13.1. The van der Waals surface area contributed by atoms with Gasteiger partial charge in [-0.1, -0.05) is 104 Å². The fourth-order valence-corrected chi connectivity index (χ4v) is 4.62. The summed E-state index contributed by atoms with van der Waals surface area (Å²) in [4.78, 5) is 44.3. The van der Waals surface area contributed by atoms with Gasteiger partial charge >= 0.3 is 13.6 Å². The molecule has 0 saturated carbocycles. The number of Topliss-reactive ketones (excluding diaryl/α,β-unsaturated/α-hetero) is 1. The van der Waals surface area contributed by atoms with Crippen LogP contribution in [0.5, 0.6) is 0 Å². The predicted molar refractivity (Wildman–Crippen MR) is 134 cm³/mol. The van der Waals surface area contributed by atoms with Crippen molar-refractivity contribution >= 4 is 19.3 Å². The highest BCUT2D eigenvalue weighted by Crippen LogP contribution is 2.38. The van der Waals surface area contributed by atoms with Gasteiger partial charge in [0.1, 0.15) is 24.6 Å². The molecule has 1 unspecified atom stereocenters. The third-order valence-corrected chi connectivity index (χ3v) is 6.22. The summed E-state index contributed by atoms with van der Waals surface area (Å²) in [5.41, 5.74) is 1.34. The van der Waals surface area contributed by atoms with E-state index in [0.29, 0.717) is 0 Å². The lowest BCUT2D eigenvalue weighted by Gasteiger charge is -2.39. The Morgan fingerprint density at radius 3 is 1.69 bits per heavy atom. The zero-order valence-electron chi connectivity index (χ0n) is 19.1. The molecule has 7 nitrogen and oxygen atoms in total. The van der Waals surface area contributed by atoms with Gasteiger partial charge in [0, 0.05) is 6.42 Å². The number of carbonyl (C=O) groups excluding carboxylic acids is 2. The fourth-order valence-electron chi connectivity index (χ4n) is 4.03. The predicted octanol–water partition coefficient (Wildman–Crippen LogP) is 3.80. The Morgan fingerprint density at radius 1 is 0.886 bits per heavy atom. The smallest absolute Gasteiger partial charge is 0.332 e. The number of hydrogen-bond acceptors (Lipinski definition) is 5. The molecule has 0 aromatic heterocycles. The minimum atomic E-state index is -4.60. The van der Waals surface area contributed by atoms with Gasteiger partial charge in [0.05, 0.1) is 5.54 Å². The number of rotatable bonds is 12. The Kier molecular flexibility index (Phi) is 8.90. The van der Waals surface area contributed by atoms with Crippen LogP contribution in [-0.2, 0) is 24.4 Å². The molecule has 182 valence electrons. The first-order valence-corrected chi connectivity index (χ1v) is 12.8. The number of nitrogens with one attached hydrogen (secondary N) is 1. The van der Waals surface area contributed by atoms with E-state index in [4.69, 9.17) is 4.74 Å². The van der Waals surface area contributed by atoms with Crippen LogP contribution in [-0.4, -0.2) is 40.4 Å². The average molecular weight is 493 g/mol. The summed E-state index contributed by atoms with van der Waals surface area (Å²) in [7, 11) is -4.60. The molecule has 0 spiro atoms. The minimum absolute atomic E-state index is 0.0707. The van der Waals surface area contributed by atoms with Crippen LogP contribution in [0.25, 0.3) is 0 Å². The first kappa shape index (κ1) is 26.3. The standard InChI is InChI=1S/C27H28NO6P/c1-2-18-34-26(30)25(19-24(29)20-35(31,32)33)28-27(21-12-6-3-7-13-21,22-14-8-4-9-15-22)23-16-10-5-11-17-23/h2-17,25,28H,1,18-20H2,(H2,31,32,33). The summed E-state index contributed by atoms with van der Waals surface area (Å²) in [6.07, 6.45) is -0.0183. The van der Waals surface area contributed by atoms with Gasteiger partial charge < -0.3 is 14.5 Å². The van der Waals surface area contributed by atoms with Crippen LogP contribution in [0.1, 0.15) is 23.1 Å². The molecule has 0 fully saturated rings. The molecule has 0 aliphatic heterocycles. The normalized spacial score (nSPS) is 12.5. The molecule has 0 bridgehead atoms. The monoisotopic (exact) mass is 493 g/mol. The molecule has 0 aliphatic carbocycles. The SMILES string of the molecule is C=CCOC(=O)C(CC(=O)CP(=O)(O)O)NC(c1ccccc1)(c1ccccc1)c1ccccc1. The van der Waals surface area contributed by atoms with E-state index >= 15 is 0 Å². The van der Waals surface area contributed by atoms with Gasteiger partial charge in [0.25, 0.3) is 0 Å². The van der Waals surface area contributed by atoms with Crippen molar-refractivity contribution in [2.75, 3.05) is 12.8 Å². The third-order valence-electron chi connectivity index (χ3n) is 5.45. The van der Waals surface area contributed by atoms with Crippen LogP contribution in [0, 0.1) is 0 Å². The van der Waals surface area contributed by atoms with E-state index in [0.717, 1.165) is 16.7 Å². The van der Waals surface area contributed by atoms with Crippen LogP contribution in [0.15, 0.2) is 104 Å². The van der Waals surface area contributed by atoms with Crippen molar-refractivity contribution in [1.29, 1.82) is 0 Å². The Balaban J connectivity index is 2.18. The van der Waals surface area contributed by atoms with Crippen molar-refractivity contribution in [3.63, 3.8) is 0 Å². The zero-order chi connectivity index (χ0) is 25.3. The Labute approximate surface area is 204 Å². The van der Waals surface area contributed by atoms with Crippen LogP contribution < -0.4 is 5.32 Å². The summed E-state index contributed by atoms with van der Waals surface area (Å²) >= 11 is 0. The summed E-state index contributed by atoms with van der Waals surface area (Å²) in [6.45, 7) is 3.48. The second kappa shape index (κ2) is 11.9. The van der Waals surface area contributed by atoms with Crippen molar-refractivity contribution in [3.8, 4) is 0 Å². The molecule has 1 atom stereocenters. The summed E-state index contributed by atoms with van der Waals surface area (Å²) in [6, 6.07) is 27.2. The number of benzene rings is 3. The molecular weight excluding hydrogens is 465 g/mol. The van der Waals surface area contributed by atoms with E-state index in [2.05, 4.69) is 11.9 Å². The van der Waals surface area contributed by atoms with Crippen LogP contribution in [0.4, 0.5) is 0 Å². The van der Waals surface area contributed by atoms with Gasteiger partial charge in [-0.3, -0.25) is 19.5 Å². The molecule has 3 N–H and O–H groups in total. The lowest BCUT2D eigenvalue weighted by Crippen LogP contribution is -2.53. The number of ether oxygens (including phenoxy) is 1. The molecule has 3 aromatic carbocycles. The number of ketones is 1. The van der Waals surface area contributed by atoms with Crippen LogP contribution in [0.3, 0.4) is 0 Å². The fraction of sp³-hybridized carbons (Fsp3) is 0.185. The minimum Gasteiger partial charge on any atom is -0.460 e. The van der Waals surface area contributed by atoms with Gasteiger partial charge in [-0.2, -0.15) is 0 Å². The molecule has 0 radical (unpaired) electrons. The summed E-state index contributed by atoms with van der Waals surface area (Å²) < 4.78 is 16.7. The Bertz CT molecular complexity index is 1080. The number of carbonyl (C=O) groups is 2. The molecule has 3 rings (SSSR count). The molecule has 35 heavy (non-hydrogen) atoms. The highest BCUT2D eigenvalue weighted by atomic mass is 31.2. The second-order valence-corrected chi connectivity index (χ2v) is 9.67. The summed E-state index contributed by atoms with van der Waals surface area (Å²) in [5.74, 6) is -1.48. The first-order valence-electron chi connectivity index (χ1n) is 11.0. The molecule has 0 aliphatic rings. The number of hydrogen-bond donors (Lipinski definition) is 3. The van der Waals surface area contributed by atoms with Gasteiger partial charge in [-0.25, -0.2) is 0 Å². The zero-order valence-corrected chi connectivity index (χ0v) is 20.0. The maximum Gasteiger partial charge on any atom is 0.332 e. The van der Waals surface area contributed by atoms with Crippen LogP contribution in [0.2, 0.25) is 0 Å². The van der Waals surface area contributed by atoms with Gasteiger partial charge in [-0.15, -0.1) is 0 Å². The van der Waals surface area contributed by atoms with E-state index < -0.39 is 43.5 Å². The highest BCUT2D eigenvalue weighted by Gasteiger charge is 2.41. The van der Waals surface area contributed by atoms with E-state index in [1.165, 1.54) is 6.08 Å². The lowest BCUT2D eigenvalue weighted by atomic mass is 9.76. The van der Waals surface area contributed by atoms with Crippen molar-refractivity contribution < 1.29 is 28.7 Å². The molecule has 0 heterocycles. The van der Waals surface area contributed by atoms with Crippen molar-refractivity contribution in [3.05, 3.63) is 120 Å². The van der Waals surface area contributed by atoms with E-state index in [-0.39, 0.29) is 6.61 Å². The van der Waals surface area contributed by atoms with Crippen molar-refractivity contribution in [1.82, 2.24) is 5.32 Å². The highest BCUT2D eigenvalue weighted by molar-refractivity contribution is 7.52. The molecule has 0 amide bonds. The van der Waals surface area contributed by atoms with Crippen LogP contribution >= 0.6 is 7.60 Å². The van der Waals surface area contributed by atoms with Gasteiger partial charge in [-0.05, 0) is 16.7 Å². The molecule has 0 saturated heterocycles. The number of esters is 1. The van der Waals surface area contributed by atoms with Gasteiger partial charge in [0.2, 0.25) is 0 Å². The first-order chi connectivity index (χ1) is 16.8. The third kappa shape index (κ3) is 6.84. The molecule has 3 aromatic rings. The lowest BCUT2D eigenvalue weighted by molar-refractivity contribution is -0.146. The van der Waals surface area contributed by atoms with Gasteiger partial charge in [0.15, 0.2) is 0 Å². The second-order valence-electron chi connectivity index (χ2n) is 8.03. The largest absolute Gasteiger partial charge is 0.460 e.